The number of nitrogens with zero attached hydrogens (tertiary/aromatic N) is 6. The molecule has 3 heterocycles. The van der Waals surface area contributed by atoms with Crippen LogP contribution in [0.5, 0.6) is 11.8 Å². The third kappa shape index (κ3) is 5.09. The Morgan fingerprint density at radius 3 is 2.57 bits per heavy atom. The molecule has 3 aromatic heterocycles. The fourth-order valence-electron chi connectivity index (χ4n) is 3.95. The number of methoxy groups -OCH3 is 1. The van der Waals surface area contributed by atoms with Gasteiger partial charge in [-0.05, 0) is 37.5 Å². The summed E-state index contributed by atoms with van der Waals surface area (Å²) in [7, 11) is 1.51. The Balaban J connectivity index is 1.36. The Bertz CT molecular complexity index is 1440. The minimum Gasteiger partial charge on any atom is -0.480 e. The molecule has 4 aromatic rings. The zero-order chi connectivity index (χ0) is 26.2. The largest absolute Gasteiger partial charge is 0.480 e. The second-order valence-electron chi connectivity index (χ2n) is 8.47. The average molecular weight is 514 g/mol. The van der Waals surface area contributed by atoms with Crippen molar-refractivity contribution in [3.63, 3.8) is 0 Å². The number of halogens is 4. The third-order valence-electron chi connectivity index (χ3n) is 5.92. The van der Waals surface area contributed by atoms with Gasteiger partial charge in [-0.2, -0.15) is 18.2 Å². The highest BCUT2D eigenvalue weighted by atomic mass is 19.4. The van der Waals surface area contributed by atoms with E-state index in [1.165, 1.54) is 36.3 Å². The quantitative estimate of drug-likeness (QED) is 0.289. The molecule has 8 nitrogen and oxygen atoms in total. The molecule has 1 aliphatic rings. The minimum absolute atomic E-state index is 0.0262. The molecular formula is C25H22F4N6O2. The molecule has 37 heavy (non-hydrogen) atoms. The highest BCUT2D eigenvalue weighted by Crippen LogP contribution is 2.44. The molecule has 0 bridgehead atoms. The standard InChI is InChI=1S/C25H22F4N6O2/c1-3-35-11-18(25(27,28)29)33-23(35)16-7-4-14(10-17(16)26)12-37-19-8-9-30-22(34-19)20-21(15-5-6-15)31-13-32-24(20)36-2/h4,7-11,13,15H,3,5-6,12H2,1-2H3. The molecule has 1 aliphatic carbocycles. The van der Waals surface area contributed by atoms with E-state index in [4.69, 9.17) is 9.47 Å². The Kier molecular flexibility index (Phi) is 6.48. The second kappa shape index (κ2) is 9.75. The van der Waals surface area contributed by atoms with Crippen LogP contribution >= 0.6 is 0 Å². The van der Waals surface area contributed by atoms with Gasteiger partial charge in [0.25, 0.3) is 0 Å². The summed E-state index contributed by atoms with van der Waals surface area (Å²) in [6.07, 6.45) is 1.27. The molecule has 0 aliphatic heterocycles. The van der Waals surface area contributed by atoms with Crippen molar-refractivity contribution in [3.8, 4) is 34.5 Å². The van der Waals surface area contributed by atoms with E-state index in [-0.39, 0.29) is 30.4 Å². The van der Waals surface area contributed by atoms with Crippen LogP contribution in [0.15, 0.2) is 43.0 Å². The maximum atomic E-state index is 14.9. The zero-order valence-electron chi connectivity index (χ0n) is 20.0. The van der Waals surface area contributed by atoms with Crippen molar-refractivity contribution in [2.45, 2.75) is 45.0 Å². The molecule has 5 rings (SSSR count). The van der Waals surface area contributed by atoms with E-state index in [1.54, 1.807) is 19.1 Å². The van der Waals surface area contributed by atoms with Gasteiger partial charge in [-0.15, -0.1) is 0 Å². The maximum Gasteiger partial charge on any atom is 0.434 e. The second-order valence-corrected chi connectivity index (χ2v) is 8.47. The van der Waals surface area contributed by atoms with Crippen LogP contribution in [-0.4, -0.2) is 36.6 Å². The first-order valence-electron chi connectivity index (χ1n) is 11.6. The summed E-state index contributed by atoms with van der Waals surface area (Å²) in [4.78, 5) is 21.0. The first kappa shape index (κ1) is 24.6. The van der Waals surface area contributed by atoms with E-state index >= 15 is 0 Å². The van der Waals surface area contributed by atoms with Crippen LogP contribution < -0.4 is 9.47 Å². The number of hydrogen-bond donors (Lipinski definition) is 0. The monoisotopic (exact) mass is 514 g/mol. The molecule has 0 radical (unpaired) electrons. The van der Waals surface area contributed by atoms with Gasteiger partial charge >= 0.3 is 6.18 Å². The molecule has 0 amide bonds. The molecule has 12 heteroatoms. The molecular weight excluding hydrogens is 492 g/mol. The number of benzene rings is 1. The number of alkyl halides is 3. The highest BCUT2D eigenvalue weighted by Gasteiger charge is 2.35. The lowest BCUT2D eigenvalue weighted by Gasteiger charge is -2.12. The van der Waals surface area contributed by atoms with E-state index in [2.05, 4.69) is 24.9 Å². The normalized spacial score (nSPS) is 13.6. The maximum absolute atomic E-state index is 14.9. The lowest BCUT2D eigenvalue weighted by Crippen LogP contribution is -2.05. The molecule has 0 unspecified atom stereocenters. The zero-order valence-corrected chi connectivity index (χ0v) is 20.0. The third-order valence-corrected chi connectivity index (χ3v) is 5.92. The first-order chi connectivity index (χ1) is 17.8. The molecule has 1 aromatic carbocycles. The van der Waals surface area contributed by atoms with Crippen molar-refractivity contribution in [2.75, 3.05) is 7.11 Å². The van der Waals surface area contributed by atoms with E-state index in [0.717, 1.165) is 24.7 Å². The van der Waals surface area contributed by atoms with Crippen LogP contribution in [-0.2, 0) is 19.3 Å². The predicted octanol–water partition coefficient (Wildman–Crippen LogP) is 5.44. The summed E-state index contributed by atoms with van der Waals surface area (Å²) in [6.45, 7) is 1.84. The fourth-order valence-corrected chi connectivity index (χ4v) is 3.95. The lowest BCUT2D eigenvalue weighted by atomic mass is 10.1. The van der Waals surface area contributed by atoms with Crippen molar-refractivity contribution in [1.29, 1.82) is 0 Å². The number of aryl methyl sites for hydroxylation is 1. The average Bonchev–Trinajstić information content (AvgIpc) is 3.64. The Morgan fingerprint density at radius 2 is 1.89 bits per heavy atom. The molecule has 0 N–H and O–H groups in total. The van der Waals surface area contributed by atoms with Crippen LogP contribution in [0.4, 0.5) is 17.6 Å². The van der Waals surface area contributed by atoms with E-state index in [0.29, 0.717) is 28.7 Å². The molecule has 0 saturated heterocycles. The van der Waals surface area contributed by atoms with Crippen molar-refractivity contribution >= 4 is 0 Å². The summed E-state index contributed by atoms with van der Waals surface area (Å²) >= 11 is 0. The van der Waals surface area contributed by atoms with Gasteiger partial charge in [-0.25, -0.2) is 24.3 Å². The lowest BCUT2D eigenvalue weighted by molar-refractivity contribution is -0.140. The van der Waals surface area contributed by atoms with Crippen molar-refractivity contribution in [1.82, 2.24) is 29.5 Å². The molecule has 0 atom stereocenters. The van der Waals surface area contributed by atoms with Gasteiger partial charge in [0.05, 0.1) is 18.4 Å². The van der Waals surface area contributed by atoms with Gasteiger partial charge in [0.15, 0.2) is 11.5 Å². The highest BCUT2D eigenvalue weighted by molar-refractivity contribution is 5.66. The smallest absolute Gasteiger partial charge is 0.434 e. The summed E-state index contributed by atoms with van der Waals surface area (Å²) in [5.41, 5.74) is 0.792. The van der Waals surface area contributed by atoms with E-state index in [9.17, 15) is 17.6 Å². The number of aromatic nitrogens is 6. The summed E-state index contributed by atoms with van der Waals surface area (Å²) in [5.74, 6) is 0.469. The van der Waals surface area contributed by atoms with Crippen LogP contribution in [0.1, 0.15) is 42.6 Å². The predicted molar refractivity (Wildman–Crippen MR) is 124 cm³/mol. The summed E-state index contributed by atoms with van der Waals surface area (Å²) in [6, 6.07) is 5.74. The molecule has 1 fully saturated rings. The van der Waals surface area contributed by atoms with Crippen molar-refractivity contribution in [2.24, 2.45) is 0 Å². The Hall–Kier alpha value is -4.09. The van der Waals surface area contributed by atoms with Gasteiger partial charge in [0.1, 0.15) is 30.1 Å². The van der Waals surface area contributed by atoms with Gasteiger partial charge in [-0.1, -0.05) is 6.07 Å². The van der Waals surface area contributed by atoms with Crippen LogP contribution in [0.3, 0.4) is 0 Å². The van der Waals surface area contributed by atoms with Gasteiger partial charge in [0.2, 0.25) is 11.8 Å². The molecule has 0 spiro atoms. The fraction of sp³-hybridized carbons (Fsp3) is 0.320. The summed E-state index contributed by atoms with van der Waals surface area (Å²) in [5, 5.41) is 0. The van der Waals surface area contributed by atoms with Gasteiger partial charge < -0.3 is 14.0 Å². The van der Waals surface area contributed by atoms with Crippen LogP contribution in [0, 0.1) is 5.82 Å². The molecule has 192 valence electrons. The number of rotatable bonds is 8. The van der Waals surface area contributed by atoms with Crippen LogP contribution in [0.25, 0.3) is 22.8 Å². The van der Waals surface area contributed by atoms with Crippen molar-refractivity contribution < 1.29 is 27.0 Å². The van der Waals surface area contributed by atoms with E-state index in [1.807, 2.05) is 0 Å². The number of ether oxygens (including phenoxy) is 2. The number of imidazole rings is 1. The SMILES string of the molecule is CCn1cc(C(F)(F)F)nc1-c1ccc(COc2ccnc(-c3c(OC)ncnc3C3CC3)n2)cc1F. The Morgan fingerprint density at radius 1 is 1.08 bits per heavy atom. The van der Waals surface area contributed by atoms with Gasteiger partial charge in [0, 0.05) is 30.9 Å². The minimum atomic E-state index is -4.62. The van der Waals surface area contributed by atoms with Crippen LogP contribution in [0.2, 0.25) is 0 Å². The summed E-state index contributed by atoms with van der Waals surface area (Å²) < 4.78 is 66.6. The Labute approximate surface area is 209 Å². The first-order valence-corrected chi connectivity index (χ1v) is 11.6. The van der Waals surface area contributed by atoms with Crippen molar-refractivity contribution in [3.05, 3.63) is 65.8 Å². The number of hydrogen-bond acceptors (Lipinski definition) is 7. The van der Waals surface area contributed by atoms with E-state index < -0.39 is 17.7 Å². The topological polar surface area (TPSA) is 87.8 Å². The molecule has 1 saturated carbocycles. The van der Waals surface area contributed by atoms with Gasteiger partial charge in [-0.3, -0.25) is 0 Å².